The van der Waals surface area contributed by atoms with Gasteiger partial charge in [0.05, 0.1) is 34.8 Å². The third kappa shape index (κ3) is 5.51. The summed E-state index contributed by atoms with van der Waals surface area (Å²) in [5, 5.41) is 15.6. The molecule has 1 spiro atoms. The van der Waals surface area contributed by atoms with E-state index in [1.165, 1.54) is 0 Å². The zero-order valence-corrected chi connectivity index (χ0v) is 26.1. The largest absolute Gasteiger partial charge is 0.494 e. The standard InChI is InChI=1S/C33H42ClN3O6/c1-5-42-23-15-13-22(14-16-23)35-29(39)25-26-31(41)37(17-8-6-7-9-18-38)28(33(26)19-21(3)32(25,4)43-33)30(40)36-27-20(2)11-10-12-24(27)34/h10-16,21,25-26,28,38H,5-9,17-19H2,1-4H3,(H,35,39)(H,36,40)/t21?,25-,26+,28?,32+,33?/m1/s1. The Morgan fingerprint density at radius 3 is 2.49 bits per heavy atom. The molecule has 43 heavy (non-hydrogen) atoms. The predicted molar refractivity (Wildman–Crippen MR) is 165 cm³/mol. The Balaban J connectivity index is 1.47. The number of carbonyl (C=O) groups is 3. The van der Waals surface area contributed by atoms with Crippen LogP contribution in [0.15, 0.2) is 42.5 Å². The summed E-state index contributed by atoms with van der Waals surface area (Å²) in [5.41, 5.74) is -0.186. The molecule has 3 fully saturated rings. The average Bonchev–Trinajstić information content (AvgIpc) is 3.48. The Kier molecular flexibility index (Phi) is 9.07. The molecule has 232 valence electrons. The van der Waals surface area contributed by atoms with Crippen LogP contribution in [0.4, 0.5) is 11.4 Å². The monoisotopic (exact) mass is 611 g/mol. The number of aryl methyl sites for hydroxylation is 1. The lowest BCUT2D eigenvalue weighted by atomic mass is 9.62. The summed E-state index contributed by atoms with van der Waals surface area (Å²) in [7, 11) is 0. The van der Waals surface area contributed by atoms with Gasteiger partial charge in [-0.1, -0.05) is 43.5 Å². The quantitative estimate of drug-likeness (QED) is 0.285. The van der Waals surface area contributed by atoms with Gasteiger partial charge in [-0.2, -0.15) is 0 Å². The van der Waals surface area contributed by atoms with Gasteiger partial charge < -0.3 is 30.1 Å². The average molecular weight is 612 g/mol. The third-order valence-corrected chi connectivity index (χ3v) is 9.87. The second-order valence-electron chi connectivity index (χ2n) is 12.2. The Labute approximate surface area is 258 Å². The van der Waals surface area contributed by atoms with Gasteiger partial charge >= 0.3 is 0 Å². The number of halogens is 1. The van der Waals surface area contributed by atoms with E-state index < -0.39 is 29.1 Å². The van der Waals surface area contributed by atoms with E-state index >= 15 is 0 Å². The van der Waals surface area contributed by atoms with Gasteiger partial charge in [0.1, 0.15) is 17.4 Å². The molecule has 0 radical (unpaired) electrons. The Bertz CT molecular complexity index is 1350. The summed E-state index contributed by atoms with van der Waals surface area (Å²) in [6, 6.07) is 11.6. The van der Waals surface area contributed by atoms with Gasteiger partial charge in [-0.05, 0) is 81.8 Å². The van der Waals surface area contributed by atoms with Crippen LogP contribution in [0.2, 0.25) is 5.02 Å². The van der Waals surface area contributed by atoms with Crippen LogP contribution in [0.1, 0.15) is 58.4 Å². The first-order valence-electron chi connectivity index (χ1n) is 15.3. The lowest BCUT2D eigenvalue weighted by molar-refractivity contribution is -0.144. The van der Waals surface area contributed by atoms with Crippen molar-refractivity contribution in [3.8, 4) is 5.75 Å². The number of para-hydroxylation sites is 1. The number of fused-ring (bicyclic) bond motifs is 1. The molecule has 3 amide bonds. The number of carbonyl (C=O) groups excluding carboxylic acids is 3. The van der Waals surface area contributed by atoms with Crippen molar-refractivity contribution in [1.29, 1.82) is 0 Å². The van der Waals surface area contributed by atoms with Gasteiger partial charge in [-0.15, -0.1) is 0 Å². The van der Waals surface area contributed by atoms with E-state index in [9.17, 15) is 19.5 Å². The van der Waals surface area contributed by atoms with Crippen molar-refractivity contribution in [3.05, 3.63) is 53.1 Å². The summed E-state index contributed by atoms with van der Waals surface area (Å²) in [6.45, 7) is 8.70. The van der Waals surface area contributed by atoms with Gasteiger partial charge in [0.25, 0.3) is 0 Å². The van der Waals surface area contributed by atoms with Crippen molar-refractivity contribution in [2.24, 2.45) is 17.8 Å². The zero-order valence-electron chi connectivity index (χ0n) is 25.3. The number of unbranched alkanes of at least 4 members (excludes halogenated alkanes) is 3. The fourth-order valence-electron chi connectivity index (χ4n) is 7.43. The highest BCUT2D eigenvalue weighted by molar-refractivity contribution is 6.34. The number of hydrogen-bond donors (Lipinski definition) is 3. The van der Waals surface area contributed by atoms with E-state index in [4.69, 9.17) is 21.1 Å². The molecule has 0 aliphatic carbocycles. The molecule has 10 heteroatoms. The molecule has 0 saturated carbocycles. The number of likely N-dealkylation sites (tertiary alicyclic amines) is 1. The first kappa shape index (κ1) is 31.3. The SMILES string of the molecule is CCOc1ccc(NC(=O)[C@H]2[C@H]3C(=O)N(CCCCCCO)C(C(=O)Nc4c(C)cccc4Cl)C34CC(C)[C@]2(C)O4)cc1. The van der Waals surface area contributed by atoms with E-state index in [2.05, 4.69) is 10.6 Å². The number of rotatable bonds is 12. The number of anilines is 2. The lowest BCUT2D eigenvalue weighted by Gasteiger charge is -2.36. The van der Waals surface area contributed by atoms with E-state index in [0.29, 0.717) is 54.6 Å². The lowest BCUT2D eigenvalue weighted by Crippen LogP contribution is -2.54. The van der Waals surface area contributed by atoms with Gasteiger partial charge in [0, 0.05) is 18.8 Å². The smallest absolute Gasteiger partial charge is 0.250 e. The molecule has 9 nitrogen and oxygen atoms in total. The first-order valence-corrected chi connectivity index (χ1v) is 15.7. The summed E-state index contributed by atoms with van der Waals surface area (Å²) >= 11 is 6.47. The molecule has 3 aliphatic heterocycles. The normalized spacial score (nSPS) is 29.1. The number of benzene rings is 2. The second-order valence-corrected chi connectivity index (χ2v) is 12.6. The van der Waals surface area contributed by atoms with Gasteiger partial charge in [0.2, 0.25) is 17.7 Å². The van der Waals surface area contributed by atoms with Crippen LogP contribution < -0.4 is 15.4 Å². The summed E-state index contributed by atoms with van der Waals surface area (Å²) in [4.78, 5) is 44.2. The van der Waals surface area contributed by atoms with E-state index in [1.54, 1.807) is 35.2 Å². The molecular weight excluding hydrogens is 570 g/mol. The third-order valence-electron chi connectivity index (χ3n) is 9.56. The highest BCUT2D eigenvalue weighted by atomic mass is 35.5. The maximum atomic E-state index is 14.3. The number of hydrogen-bond acceptors (Lipinski definition) is 6. The summed E-state index contributed by atoms with van der Waals surface area (Å²) in [6.07, 6.45) is 3.45. The number of nitrogens with zero attached hydrogens (tertiary/aromatic N) is 1. The van der Waals surface area contributed by atoms with E-state index in [1.807, 2.05) is 39.8 Å². The molecule has 3 saturated heterocycles. The highest BCUT2D eigenvalue weighted by Gasteiger charge is 2.79. The minimum atomic E-state index is -1.16. The fraction of sp³-hybridized carbons (Fsp3) is 0.545. The van der Waals surface area contributed by atoms with Crippen LogP contribution in [-0.4, -0.2) is 64.7 Å². The molecule has 0 aromatic heterocycles. The summed E-state index contributed by atoms with van der Waals surface area (Å²) in [5.74, 6) is -1.87. The van der Waals surface area contributed by atoms with Crippen molar-refractivity contribution in [1.82, 2.24) is 4.90 Å². The van der Waals surface area contributed by atoms with Crippen molar-refractivity contribution in [2.75, 3.05) is 30.4 Å². The van der Waals surface area contributed by atoms with Gasteiger partial charge in [-0.3, -0.25) is 14.4 Å². The number of ether oxygens (including phenoxy) is 2. The van der Waals surface area contributed by atoms with Crippen molar-refractivity contribution < 1.29 is 29.0 Å². The minimum Gasteiger partial charge on any atom is -0.494 e. The molecule has 5 rings (SSSR count). The fourth-order valence-corrected chi connectivity index (χ4v) is 7.70. The molecule has 2 aromatic rings. The number of amides is 3. The topological polar surface area (TPSA) is 117 Å². The highest BCUT2D eigenvalue weighted by Crippen LogP contribution is 2.65. The number of aliphatic hydroxyl groups excluding tert-OH is 1. The van der Waals surface area contributed by atoms with Crippen LogP contribution >= 0.6 is 11.6 Å². The Morgan fingerprint density at radius 1 is 1.09 bits per heavy atom. The Morgan fingerprint density at radius 2 is 1.81 bits per heavy atom. The molecule has 3 N–H and O–H groups in total. The van der Waals surface area contributed by atoms with Crippen molar-refractivity contribution in [3.63, 3.8) is 0 Å². The van der Waals surface area contributed by atoms with Gasteiger partial charge in [-0.25, -0.2) is 0 Å². The molecule has 3 heterocycles. The number of aliphatic hydroxyl groups is 1. The maximum absolute atomic E-state index is 14.3. The zero-order chi connectivity index (χ0) is 30.9. The second kappa shape index (κ2) is 12.5. The molecular formula is C33H42ClN3O6. The van der Waals surface area contributed by atoms with Gasteiger partial charge in [0.15, 0.2) is 0 Å². The van der Waals surface area contributed by atoms with Crippen molar-refractivity contribution in [2.45, 2.75) is 77.0 Å². The molecule has 2 aromatic carbocycles. The number of nitrogens with one attached hydrogen (secondary N) is 2. The summed E-state index contributed by atoms with van der Waals surface area (Å²) < 4.78 is 12.3. The van der Waals surface area contributed by atoms with Crippen LogP contribution in [0.3, 0.4) is 0 Å². The van der Waals surface area contributed by atoms with E-state index in [0.717, 1.165) is 18.4 Å². The van der Waals surface area contributed by atoms with Crippen LogP contribution in [0.5, 0.6) is 5.75 Å². The molecule has 3 aliphatic rings. The van der Waals surface area contributed by atoms with Crippen LogP contribution in [0.25, 0.3) is 0 Å². The molecule has 2 bridgehead atoms. The minimum absolute atomic E-state index is 0.0746. The molecule has 3 unspecified atom stereocenters. The Hall–Kier alpha value is -3.14. The predicted octanol–water partition coefficient (Wildman–Crippen LogP) is 5.19. The maximum Gasteiger partial charge on any atom is 0.250 e. The van der Waals surface area contributed by atoms with E-state index in [-0.39, 0.29) is 30.2 Å². The molecule has 6 atom stereocenters. The first-order chi connectivity index (χ1) is 20.6. The van der Waals surface area contributed by atoms with Crippen molar-refractivity contribution >= 4 is 40.7 Å². The van der Waals surface area contributed by atoms with Crippen LogP contribution in [0, 0.1) is 24.7 Å². The van der Waals surface area contributed by atoms with Crippen LogP contribution in [-0.2, 0) is 19.1 Å².